The summed E-state index contributed by atoms with van der Waals surface area (Å²) in [6.07, 6.45) is 1.73. The molecule has 2 atom stereocenters. The number of amides is 1. The van der Waals surface area contributed by atoms with E-state index in [9.17, 15) is 4.79 Å². The van der Waals surface area contributed by atoms with E-state index in [0.717, 1.165) is 24.2 Å². The molecule has 1 aliphatic rings. The predicted octanol–water partition coefficient (Wildman–Crippen LogP) is 2.41. The Balaban J connectivity index is 2.21. The zero-order valence-electron chi connectivity index (χ0n) is 11.1. The number of carbonyl (C=O) groups is 1. The van der Waals surface area contributed by atoms with Crippen molar-refractivity contribution in [1.82, 2.24) is 0 Å². The zero-order chi connectivity index (χ0) is 13.1. The number of hydrogen-bond donors (Lipinski definition) is 2. The topological polar surface area (TPSA) is 50.4 Å². The quantitative estimate of drug-likeness (QED) is 0.863. The Kier molecular flexibility index (Phi) is 3.87. The third-order valence-corrected chi connectivity index (χ3v) is 3.37. The van der Waals surface area contributed by atoms with Crippen molar-refractivity contribution in [2.75, 3.05) is 17.7 Å². The van der Waals surface area contributed by atoms with E-state index in [0.29, 0.717) is 6.04 Å². The van der Waals surface area contributed by atoms with E-state index in [1.807, 2.05) is 12.1 Å². The highest BCUT2D eigenvalue weighted by Crippen LogP contribution is 2.32. The lowest BCUT2D eigenvalue weighted by molar-refractivity contribution is -0.124. The van der Waals surface area contributed by atoms with Crippen molar-refractivity contribution in [3.63, 3.8) is 0 Å². The summed E-state index contributed by atoms with van der Waals surface area (Å²) in [6, 6.07) is 6.44. The summed E-state index contributed by atoms with van der Waals surface area (Å²) < 4.78 is 5.02. The Hall–Kier alpha value is -1.55. The highest BCUT2D eigenvalue weighted by Gasteiger charge is 2.19. The first kappa shape index (κ1) is 12.9. The standard InChI is InChI=1S/C14H20N2O2/c1-9-7-8-11-5-4-6-12(13(11)15-9)16-14(17)10(2)18-3/h4-6,9-10,15H,7-8H2,1-3H3,(H,16,17). The molecule has 0 radical (unpaired) electrons. The first-order valence-electron chi connectivity index (χ1n) is 6.34. The van der Waals surface area contributed by atoms with Crippen LogP contribution in [0.4, 0.5) is 11.4 Å². The molecule has 4 nitrogen and oxygen atoms in total. The lowest BCUT2D eigenvalue weighted by Crippen LogP contribution is -2.28. The lowest BCUT2D eigenvalue weighted by Gasteiger charge is -2.26. The van der Waals surface area contributed by atoms with Crippen molar-refractivity contribution in [2.24, 2.45) is 0 Å². The van der Waals surface area contributed by atoms with Crippen molar-refractivity contribution in [1.29, 1.82) is 0 Å². The van der Waals surface area contributed by atoms with Crippen LogP contribution in [-0.2, 0) is 16.0 Å². The molecule has 1 aromatic rings. The van der Waals surface area contributed by atoms with E-state index in [1.165, 1.54) is 12.7 Å². The van der Waals surface area contributed by atoms with Crippen LogP contribution in [-0.4, -0.2) is 25.2 Å². The van der Waals surface area contributed by atoms with Gasteiger partial charge in [0.05, 0.1) is 11.4 Å². The summed E-state index contributed by atoms with van der Waals surface area (Å²) in [6.45, 7) is 3.89. The van der Waals surface area contributed by atoms with Crippen LogP contribution in [0.1, 0.15) is 25.8 Å². The molecule has 0 fully saturated rings. The monoisotopic (exact) mass is 248 g/mol. The van der Waals surface area contributed by atoms with Gasteiger partial charge in [-0.1, -0.05) is 12.1 Å². The lowest BCUT2D eigenvalue weighted by atomic mass is 9.98. The average molecular weight is 248 g/mol. The molecule has 1 heterocycles. The molecule has 0 aromatic heterocycles. The highest BCUT2D eigenvalue weighted by atomic mass is 16.5. The van der Waals surface area contributed by atoms with E-state index < -0.39 is 6.10 Å². The fourth-order valence-electron chi connectivity index (χ4n) is 2.12. The van der Waals surface area contributed by atoms with E-state index in [1.54, 1.807) is 6.92 Å². The van der Waals surface area contributed by atoms with Crippen molar-refractivity contribution in [2.45, 2.75) is 38.8 Å². The molecule has 98 valence electrons. The Morgan fingerprint density at radius 3 is 3.06 bits per heavy atom. The molecule has 18 heavy (non-hydrogen) atoms. The number of benzene rings is 1. The van der Waals surface area contributed by atoms with Crippen LogP contribution in [0.25, 0.3) is 0 Å². The van der Waals surface area contributed by atoms with Gasteiger partial charge in [0.25, 0.3) is 5.91 Å². The van der Waals surface area contributed by atoms with E-state index in [-0.39, 0.29) is 5.91 Å². The molecule has 0 aliphatic carbocycles. The average Bonchev–Trinajstić information content (AvgIpc) is 2.38. The minimum absolute atomic E-state index is 0.120. The van der Waals surface area contributed by atoms with Gasteiger partial charge in [-0.15, -0.1) is 0 Å². The number of methoxy groups -OCH3 is 1. The second-order valence-electron chi connectivity index (χ2n) is 4.79. The van der Waals surface area contributed by atoms with Crippen LogP contribution >= 0.6 is 0 Å². The van der Waals surface area contributed by atoms with Crippen LogP contribution < -0.4 is 10.6 Å². The summed E-state index contributed by atoms with van der Waals surface area (Å²) in [5.74, 6) is -0.120. The minimum atomic E-state index is -0.443. The maximum Gasteiger partial charge on any atom is 0.253 e. The number of rotatable bonds is 3. The number of aryl methyl sites for hydroxylation is 1. The van der Waals surface area contributed by atoms with Gasteiger partial charge in [0.15, 0.2) is 0 Å². The largest absolute Gasteiger partial charge is 0.381 e. The molecule has 1 amide bonds. The van der Waals surface area contributed by atoms with E-state index >= 15 is 0 Å². The minimum Gasteiger partial charge on any atom is -0.381 e. The Labute approximate surface area is 108 Å². The summed E-state index contributed by atoms with van der Waals surface area (Å²) in [5.41, 5.74) is 3.15. The number of ether oxygens (including phenoxy) is 1. The second-order valence-corrected chi connectivity index (χ2v) is 4.79. The van der Waals surface area contributed by atoms with Crippen molar-refractivity contribution < 1.29 is 9.53 Å². The Bertz CT molecular complexity index is 445. The molecule has 1 aromatic carbocycles. The van der Waals surface area contributed by atoms with Crippen LogP contribution in [0, 0.1) is 0 Å². The zero-order valence-corrected chi connectivity index (χ0v) is 11.1. The number of carbonyl (C=O) groups excluding carboxylic acids is 1. The van der Waals surface area contributed by atoms with Gasteiger partial charge in [-0.3, -0.25) is 4.79 Å². The summed E-state index contributed by atoms with van der Waals surface area (Å²) in [5, 5.41) is 6.35. The summed E-state index contributed by atoms with van der Waals surface area (Å²) in [7, 11) is 1.53. The molecule has 0 saturated heterocycles. The van der Waals surface area contributed by atoms with E-state index in [2.05, 4.69) is 23.6 Å². The SMILES string of the molecule is COC(C)C(=O)Nc1cccc2c1NC(C)CC2. The third-order valence-electron chi connectivity index (χ3n) is 3.37. The summed E-state index contributed by atoms with van der Waals surface area (Å²) >= 11 is 0. The maximum absolute atomic E-state index is 11.8. The molecular formula is C14H20N2O2. The molecular weight excluding hydrogens is 228 g/mol. The molecule has 2 N–H and O–H groups in total. The fraction of sp³-hybridized carbons (Fsp3) is 0.500. The molecule has 1 aliphatic heterocycles. The van der Waals surface area contributed by atoms with Crippen molar-refractivity contribution in [3.05, 3.63) is 23.8 Å². The Morgan fingerprint density at radius 1 is 1.56 bits per heavy atom. The first-order chi connectivity index (χ1) is 8.61. The second kappa shape index (κ2) is 5.40. The molecule has 0 saturated carbocycles. The number of fused-ring (bicyclic) bond motifs is 1. The fourth-order valence-corrected chi connectivity index (χ4v) is 2.12. The van der Waals surface area contributed by atoms with E-state index in [4.69, 9.17) is 4.74 Å². The molecule has 4 heteroatoms. The van der Waals surface area contributed by atoms with Gasteiger partial charge in [-0.2, -0.15) is 0 Å². The highest BCUT2D eigenvalue weighted by molar-refractivity contribution is 5.97. The number of para-hydroxylation sites is 1. The summed E-state index contributed by atoms with van der Waals surface area (Å²) in [4.78, 5) is 11.8. The predicted molar refractivity (Wildman–Crippen MR) is 72.9 cm³/mol. The van der Waals surface area contributed by atoms with Crippen LogP contribution in [0.5, 0.6) is 0 Å². The van der Waals surface area contributed by atoms with Gasteiger partial charge in [0, 0.05) is 13.2 Å². The van der Waals surface area contributed by atoms with Gasteiger partial charge in [0.1, 0.15) is 6.10 Å². The molecule has 2 unspecified atom stereocenters. The van der Waals surface area contributed by atoms with Gasteiger partial charge < -0.3 is 15.4 Å². The van der Waals surface area contributed by atoms with Crippen molar-refractivity contribution >= 4 is 17.3 Å². The van der Waals surface area contributed by atoms with Gasteiger partial charge in [-0.25, -0.2) is 0 Å². The van der Waals surface area contributed by atoms with Crippen LogP contribution in [0.2, 0.25) is 0 Å². The third kappa shape index (κ3) is 2.64. The van der Waals surface area contributed by atoms with Crippen molar-refractivity contribution in [3.8, 4) is 0 Å². The first-order valence-corrected chi connectivity index (χ1v) is 6.34. The number of nitrogens with one attached hydrogen (secondary N) is 2. The number of hydrogen-bond acceptors (Lipinski definition) is 3. The number of anilines is 2. The normalized spacial score (nSPS) is 19.6. The maximum atomic E-state index is 11.8. The smallest absolute Gasteiger partial charge is 0.253 e. The Morgan fingerprint density at radius 2 is 2.33 bits per heavy atom. The van der Waals surface area contributed by atoms with Gasteiger partial charge in [0.2, 0.25) is 0 Å². The van der Waals surface area contributed by atoms with Crippen LogP contribution in [0.3, 0.4) is 0 Å². The molecule has 0 bridgehead atoms. The van der Waals surface area contributed by atoms with Gasteiger partial charge >= 0.3 is 0 Å². The van der Waals surface area contributed by atoms with Gasteiger partial charge in [-0.05, 0) is 38.3 Å². The molecule has 2 rings (SSSR count). The molecule has 0 spiro atoms. The van der Waals surface area contributed by atoms with Crippen LogP contribution in [0.15, 0.2) is 18.2 Å².